The van der Waals surface area contributed by atoms with Crippen molar-refractivity contribution in [2.45, 2.75) is 24.8 Å². The molecule has 3 aromatic heterocycles. The molecule has 28 heavy (non-hydrogen) atoms. The van der Waals surface area contributed by atoms with E-state index >= 15 is 0 Å². The highest BCUT2D eigenvalue weighted by Gasteiger charge is 2.46. The zero-order valence-corrected chi connectivity index (χ0v) is 14.8. The monoisotopic (exact) mass is 372 g/mol. The minimum Gasteiger partial charge on any atom is -0.323 e. The molecule has 0 aromatic carbocycles. The number of hydrazone groups is 1. The highest BCUT2D eigenvalue weighted by Crippen LogP contribution is 2.46. The van der Waals surface area contributed by atoms with E-state index in [0.717, 1.165) is 17.3 Å². The van der Waals surface area contributed by atoms with E-state index in [9.17, 15) is 5.26 Å². The Morgan fingerprint density at radius 3 is 2.89 bits per heavy atom. The van der Waals surface area contributed by atoms with Gasteiger partial charge in [0.15, 0.2) is 0 Å². The van der Waals surface area contributed by atoms with Gasteiger partial charge < -0.3 is 11.3 Å². The first-order valence-electron chi connectivity index (χ1n) is 8.59. The maximum absolute atomic E-state index is 9.23. The Labute approximate surface area is 160 Å². The fourth-order valence-corrected chi connectivity index (χ4v) is 3.65. The summed E-state index contributed by atoms with van der Waals surface area (Å²) in [4.78, 5) is 4.61. The number of hydrogen-bond acceptors (Lipinski definition) is 8. The number of aromatic nitrogens is 5. The molecule has 3 aromatic rings. The number of rotatable bonds is 5. The third-order valence-electron chi connectivity index (χ3n) is 5.11. The number of nitrogens with zero attached hydrogens (tertiary/aromatic N) is 8. The summed E-state index contributed by atoms with van der Waals surface area (Å²) < 4.78 is 3.42. The predicted octanol–water partition coefficient (Wildman–Crippen LogP) is 1.45. The standard InChI is InChI=1S/C18H16N10/c19-3-2-18(5-12(6-18)7-20)28-10-13(9-24-28)17-16-1-4-23-27(16)11-15(25-17)14(8-21)26-22/h1,4,8-12,21H,2,5-6,22H2/b21-8?,26-14+. The Morgan fingerprint density at radius 2 is 2.21 bits per heavy atom. The van der Waals surface area contributed by atoms with Crippen molar-refractivity contribution in [1.29, 1.82) is 15.9 Å². The molecule has 3 heterocycles. The van der Waals surface area contributed by atoms with Gasteiger partial charge in [-0.05, 0) is 18.9 Å². The van der Waals surface area contributed by atoms with Gasteiger partial charge in [0.05, 0.1) is 59.8 Å². The lowest BCUT2D eigenvalue weighted by molar-refractivity contribution is 0.0882. The van der Waals surface area contributed by atoms with Crippen LogP contribution in [-0.4, -0.2) is 36.3 Å². The largest absolute Gasteiger partial charge is 0.323 e. The van der Waals surface area contributed by atoms with Crippen LogP contribution in [0.2, 0.25) is 0 Å². The molecule has 1 saturated carbocycles. The number of nitrogens with two attached hydrogens (primary N) is 1. The van der Waals surface area contributed by atoms with E-state index in [1.165, 1.54) is 0 Å². The van der Waals surface area contributed by atoms with Crippen molar-refractivity contribution in [2.75, 3.05) is 0 Å². The van der Waals surface area contributed by atoms with Gasteiger partial charge >= 0.3 is 0 Å². The summed E-state index contributed by atoms with van der Waals surface area (Å²) in [6.07, 6.45) is 9.36. The van der Waals surface area contributed by atoms with Crippen molar-refractivity contribution in [3.63, 3.8) is 0 Å². The SMILES string of the molecule is N#CCC1(n2cc(-c3nc(/C(C=N)=N/N)cn4nccc34)cn2)CC(C#N)C1. The van der Waals surface area contributed by atoms with Gasteiger partial charge in [0, 0.05) is 18.0 Å². The van der Waals surface area contributed by atoms with Gasteiger partial charge in [-0.3, -0.25) is 4.68 Å². The summed E-state index contributed by atoms with van der Waals surface area (Å²) >= 11 is 0. The van der Waals surface area contributed by atoms with Crippen LogP contribution in [0.3, 0.4) is 0 Å². The number of fused-ring (bicyclic) bond motifs is 1. The summed E-state index contributed by atoms with van der Waals surface area (Å²) in [7, 11) is 0. The molecule has 0 unspecified atom stereocenters. The van der Waals surface area contributed by atoms with E-state index in [-0.39, 0.29) is 11.6 Å². The second-order valence-corrected chi connectivity index (χ2v) is 6.76. The van der Waals surface area contributed by atoms with Gasteiger partial charge in [-0.1, -0.05) is 0 Å². The highest BCUT2D eigenvalue weighted by molar-refractivity contribution is 6.36. The van der Waals surface area contributed by atoms with Crippen LogP contribution in [0.4, 0.5) is 0 Å². The first-order chi connectivity index (χ1) is 13.6. The Morgan fingerprint density at radius 1 is 1.39 bits per heavy atom. The normalized spacial score (nSPS) is 21.6. The minimum atomic E-state index is -0.458. The molecule has 0 amide bonds. The molecule has 4 rings (SSSR count). The van der Waals surface area contributed by atoms with Crippen LogP contribution in [0.1, 0.15) is 25.0 Å². The highest BCUT2D eigenvalue weighted by atomic mass is 15.3. The Balaban J connectivity index is 1.80. The van der Waals surface area contributed by atoms with Gasteiger partial charge in [-0.25, -0.2) is 9.50 Å². The maximum Gasteiger partial charge on any atom is 0.127 e. The van der Waals surface area contributed by atoms with Crippen LogP contribution in [0.5, 0.6) is 0 Å². The molecule has 138 valence electrons. The lowest BCUT2D eigenvalue weighted by Crippen LogP contribution is -2.46. The van der Waals surface area contributed by atoms with Crippen LogP contribution in [0.15, 0.2) is 36.0 Å². The van der Waals surface area contributed by atoms with E-state index in [1.807, 2.05) is 12.3 Å². The van der Waals surface area contributed by atoms with Crippen LogP contribution >= 0.6 is 0 Å². The molecule has 3 N–H and O–H groups in total. The fraction of sp³-hybridized carbons (Fsp3) is 0.278. The molecule has 0 saturated heterocycles. The van der Waals surface area contributed by atoms with E-state index in [1.54, 1.807) is 27.8 Å². The van der Waals surface area contributed by atoms with Crippen molar-refractivity contribution in [1.82, 2.24) is 24.4 Å². The molecular formula is C18H16N10. The van der Waals surface area contributed by atoms with Crippen molar-refractivity contribution in [3.8, 4) is 23.4 Å². The Bertz CT molecular complexity index is 1160. The van der Waals surface area contributed by atoms with Crippen molar-refractivity contribution in [2.24, 2.45) is 16.9 Å². The summed E-state index contributed by atoms with van der Waals surface area (Å²) in [5, 5.41) is 38.1. The number of nitriles is 2. The summed E-state index contributed by atoms with van der Waals surface area (Å²) in [5.41, 5.74) is 2.31. The fourth-order valence-electron chi connectivity index (χ4n) is 3.65. The lowest BCUT2D eigenvalue weighted by atomic mass is 9.67. The molecular weight excluding hydrogens is 356 g/mol. The van der Waals surface area contributed by atoms with Gasteiger partial charge in [0.25, 0.3) is 0 Å². The molecule has 10 heteroatoms. The summed E-state index contributed by atoms with van der Waals surface area (Å²) in [5.74, 6) is 5.31. The summed E-state index contributed by atoms with van der Waals surface area (Å²) in [6, 6.07) is 6.30. The Kier molecular flexibility index (Phi) is 4.09. The third-order valence-corrected chi connectivity index (χ3v) is 5.11. The van der Waals surface area contributed by atoms with Crippen LogP contribution in [0.25, 0.3) is 16.8 Å². The van der Waals surface area contributed by atoms with Crippen molar-refractivity contribution < 1.29 is 0 Å². The first kappa shape index (κ1) is 17.4. The molecule has 10 nitrogen and oxygen atoms in total. The van der Waals surface area contributed by atoms with Gasteiger partial charge in [-0.2, -0.15) is 25.8 Å². The molecule has 0 atom stereocenters. The molecule has 1 aliphatic carbocycles. The quantitative estimate of drug-likeness (QED) is 0.392. The molecule has 0 aliphatic heterocycles. The molecule has 1 fully saturated rings. The zero-order chi connectivity index (χ0) is 19.7. The topological polar surface area (TPSA) is 158 Å². The van der Waals surface area contributed by atoms with Gasteiger partial charge in [-0.15, -0.1) is 0 Å². The van der Waals surface area contributed by atoms with E-state index in [4.69, 9.17) is 16.5 Å². The summed E-state index contributed by atoms with van der Waals surface area (Å²) in [6.45, 7) is 0. The average molecular weight is 372 g/mol. The van der Waals surface area contributed by atoms with E-state index < -0.39 is 5.54 Å². The van der Waals surface area contributed by atoms with Crippen LogP contribution in [-0.2, 0) is 5.54 Å². The van der Waals surface area contributed by atoms with Gasteiger partial charge in [0.2, 0.25) is 0 Å². The maximum atomic E-state index is 9.23. The predicted molar refractivity (Wildman–Crippen MR) is 100 cm³/mol. The number of hydrogen-bond donors (Lipinski definition) is 2. The average Bonchev–Trinajstić information content (AvgIpc) is 3.34. The van der Waals surface area contributed by atoms with Crippen molar-refractivity contribution in [3.05, 3.63) is 36.5 Å². The van der Waals surface area contributed by atoms with Crippen LogP contribution in [0, 0.1) is 34.0 Å². The van der Waals surface area contributed by atoms with Crippen LogP contribution < -0.4 is 5.84 Å². The molecule has 1 aliphatic rings. The molecule has 0 bridgehead atoms. The molecule has 0 radical (unpaired) electrons. The third kappa shape index (κ3) is 2.59. The van der Waals surface area contributed by atoms with Gasteiger partial charge in [0.1, 0.15) is 11.4 Å². The molecule has 0 spiro atoms. The van der Waals surface area contributed by atoms with E-state index in [0.29, 0.717) is 30.7 Å². The zero-order valence-electron chi connectivity index (χ0n) is 14.8. The second kappa shape index (κ2) is 6.59. The Hall–Kier alpha value is -4.05. The minimum absolute atomic E-state index is 0.0556. The van der Waals surface area contributed by atoms with Crippen molar-refractivity contribution >= 4 is 17.4 Å². The first-order valence-corrected chi connectivity index (χ1v) is 8.59. The number of nitrogens with one attached hydrogen (secondary N) is 1. The van der Waals surface area contributed by atoms with E-state index in [2.05, 4.69) is 32.4 Å². The lowest BCUT2D eigenvalue weighted by Gasteiger charge is -2.43. The second-order valence-electron chi connectivity index (χ2n) is 6.76. The smallest absolute Gasteiger partial charge is 0.127 e.